The second-order valence-electron chi connectivity index (χ2n) is 2.91. The Hall–Kier alpha value is -0.230. The van der Waals surface area contributed by atoms with E-state index in [0.717, 1.165) is 6.42 Å². The largest absolute Gasteiger partial charge is 0.367 e. The number of alkyl halides is 2. The highest BCUT2D eigenvalue weighted by Crippen LogP contribution is 2.29. The lowest BCUT2D eigenvalue weighted by Gasteiger charge is -2.25. The van der Waals surface area contributed by atoms with Gasteiger partial charge in [0, 0.05) is 6.92 Å². The number of halogens is 2. The van der Waals surface area contributed by atoms with Crippen LogP contribution in [-0.2, 0) is 14.3 Å². The average Bonchev–Trinajstić information content (AvgIpc) is 1.76. The molecule has 0 atom stereocenters. The molecule has 3 nitrogen and oxygen atoms in total. The summed E-state index contributed by atoms with van der Waals surface area (Å²) in [7, 11) is -4.69. The first-order valence-electron chi connectivity index (χ1n) is 3.63. The lowest BCUT2D eigenvalue weighted by atomic mass is 9.97. The zero-order valence-electron chi connectivity index (χ0n) is 6.59. The normalized spacial score (nSPS) is 20.6. The summed E-state index contributed by atoms with van der Waals surface area (Å²) in [5.41, 5.74) is 0. The molecule has 0 saturated heterocycles. The molecule has 0 amide bonds. The molecule has 1 aliphatic carbocycles. The fourth-order valence-corrected chi connectivity index (χ4v) is 1.45. The third-order valence-corrected chi connectivity index (χ3v) is 3.16. The summed E-state index contributed by atoms with van der Waals surface area (Å²) < 4.78 is 50.2. The van der Waals surface area contributed by atoms with E-state index in [4.69, 9.17) is 0 Å². The molecular weight excluding hydrogens is 190 g/mol. The summed E-state index contributed by atoms with van der Waals surface area (Å²) in [6.45, 7) is 0.320. The van der Waals surface area contributed by atoms with Crippen molar-refractivity contribution in [1.29, 1.82) is 0 Å². The van der Waals surface area contributed by atoms with Gasteiger partial charge in [0.25, 0.3) is 0 Å². The van der Waals surface area contributed by atoms with Crippen molar-refractivity contribution in [2.75, 3.05) is 0 Å². The molecule has 1 saturated carbocycles. The maximum atomic E-state index is 12.3. The maximum absolute atomic E-state index is 12.3. The standard InChI is InChI=1S/C6H10F2O3S/c1-6(7,8)12(9,10)11-5-3-2-4-5/h5H,2-4H2,1H3. The Kier molecular flexibility index (Phi) is 2.40. The molecule has 1 fully saturated rings. The molecule has 0 bridgehead atoms. The van der Waals surface area contributed by atoms with E-state index in [0.29, 0.717) is 19.8 Å². The molecule has 0 unspecified atom stereocenters. The molecule has 12 heavy (non-hydrogen) atoms. The van der Waals surface area contributed by atoms with Gasteiger partial charge in [-0.3, -0.25) is 4.18 Å². The van der Waals surface area contributed by atoms with Gasteiger partial charge in [0.1, 0.15) is 0 Å². The van der Waals surface area contributed by atoms with Gasteiger partial charge < -0.3 is 0 Å². The van der Waals surface area contributed by atoms with Crippen LogP contribution in [0.15, 0.2) is 0 Å². The van der Waals surface area contributed by atoms with Crippen molar-refractivity contribution in [3.05, 3.63) is 0 Å². The first-order chi connectivity index (χ1) is 5.33. The highest BCUT2D eigenvalue weighted by Gasteiger charge is 2.43. The summed E-state index contributed by atoms with van der Waals surface area (Å²) in [5.74, 6) is 0. The molecule has 1 aliphatic rings. The van der Waals surface area contributed by atoms with E-state index in [2.05, 4.69) is 4.18 Å². The minimum Gasteiger partial charge on any atom is -0.262 e. The second kappa shape index (κ2) is 2.92. The van der Waals surface area contributed by atoms with Crippen LogP contribution in [0.3, 0.4) is 0 Å². The predicted molar refractivity (Wildman–Crippen MR) is 38.3 cm³/mol. The first kappa shape index (κ1) is 9.85. The Morgan fingerprint density at radius 3 is 2.17 bits per heavy atom. The van der Waals surface area contributed by atoms with Gasteiger partial charge in [0.15, 0.2) is 0 Å². The molecule has 0 aliphatic heterocycles. The molecule has 1 rings (SSSR count). The molecule has 0 radical (unpaired) electrons. The minimum absolute atomic E-state index is 0.320. The van der Waals surface area contributed by atoms with E-state index in [1.165, 1.54) is 0 Å². The van der Waals surface area contributed by atoms with Crippen LogP contribution < -0.4 is 0 Å². The monoisotopic (exact) mass is 200 g/mol. The maximum Gasteiger partial charge on any atom is 0.367 e. The Morgan fingerprint density at radius 1 is 1.42 bits per heavy atom. The molecule has 0 spiro atoms. The Bertz CT molecular complexity index is 250. The Morgan fingerprint density at radius 2 is 1.92 bits per heavy atom. The minimum atomic E-state index is -4.69. The van der Waals surface area contributed by atoms with E-state index < -0.39 is 21.5 Å². The highest BCUT2D eigenvalue weighted by atomic mass is 32.2. The molecule has 6 heteroatoms. The van der Waals surface area contributed by atoms with Crippen molar-refractivity contribution in [2.45, 2.75) is 37.5 Å². The fourth-order valence-electron chi connectivity index (χ4n) is 0.731. The van der Waals surface area contributed by atoms with Crippen LogP contribution in [0.2, 0.25) is 0 Å². The number of hydrogen-bond acceptors (Lipinski definition) is 3. The van der Waals surface area contributed by atoms with Gasteiger partial charge in [-0.15, -0.1) is 0 Å². The van der Waals surface area contributed by atoms with Crippen LogP contribution in [0.25, 0.3) is 0 Å². The Labute approximate surface area is 69.8 Å². The molecule has 0 aromatic carbocycles. The van der Waals surface area contributed by atoms with Gasteiger partial charge in [0.2, 0.25) is 0 Å². The van der Waals surface area contributed by atoms with Gasteiger partial charge in [-0.1, -0.05) is 0 Å². The predicted octanol–water partition coefficient (Wildman–Crippen LogP) is 1.50. The van der Waals surface area contributed by atoms with Gasteiger partial charge in [-0.2, -0.15) is 17.2 Å². The topological polar surface area (TPSA) is 43.4 Å². The average molecular weight is 200 g/mol. The molecular formula is C6H10F2O3S. The molecule has 0 aromatic rings. The van der Waals surface area contributed by atoms with Gasteiger partial charge in [-0.25, -0.2) is 0 Å². The zero-order valence-corrected chi connectivity index (χ0v) is 7.40. The molecule has 72 valence electrons. The Balaban J connectivity index is 2.60. The quantitative estimate of drug-likeness (QED) is 0.648. The number of rotatable bonds is 3. The van der Waals surface area contributed by atoms with Crippen molar-refractivity contribution in [3.63, 3.8) is 0 Å². The van der Waals surface area contributed by atoms with Crippen LogP contribution in [-0.4, -0.2) is 19.8 Å². The van der Waals surface area contributed by atoms with Crippen LogP contribution in [0.5, 0.6) is 0 Å². The zero-order chi connectivity index (χ0) is 9.41. The summed E-state index contributed by atoms with van der Waals surface area (Å²) >= 11 is 0. The van der Waals surface area contributed by atoms with Crippen molar-refractivity contribution < 1.29 is 21.4 Å². The van der Waals surface area contributed by atoms with E-state index in [1.807, 2.05) is 0 Å². The third-order valence-electron chi connectivity index (χ3n) is 1.75. The van der Waals surface area contributed by atoms with Crippen LogP contribution in [0.1, 0.15) is 26.2 Å². The van der Waals surface area contributed by atoms with E-state index in [-0.39, 0.29) is 0 Å². The van der Waals surface area contributed by atoms with Crippen molar-refractivity contribution in [2.24, 2.45) is 0 Å². The number of hydrogen-bond donors (Lipinski definition) is 0. The van der Waals surface area contributed by atoms with Crippen molar-refractivity contribution in [1.82, 2.24) is 0 Å². The summed E-state index contributed by atoms with van der Waals surface area (Å²) in [6.07, 6.45) is 1.42. The lowest BCUT2D eigenvalue weighted by Crippen LogP contribution is -2.33. The van der Waals surface area contributed by atoms with Gasteiger partial charge in [0.05, 0.1) is 6.10 Å². The van der Waals surface area contributed by atoms with Crippen LogP contribution >= 0.6 is 0 Å². The van der Waals surface area contributed by atoms with Crippen LogP contribution in [0, 0.1) is 0 Å². The molecule has 0 N–H and O–H groups in total. The SMILES string of the molecule is CC(F)(F)S(=O)(=O)OC1CCC1. The summed E-state index contributed by atoms with van der Waals surface area (Å²) in [5, 5.41) is -3.79. The molecule has 0 heterocycles. The van der Waals surface area contributed by atoms with Crippen molar-refractivity contribution in [3.8, 4) is 0 Å². The highest BCUT2D eigenvalue weighted by molar-refractivity contribution is 7.87. The van der Waals surface area contributed by atoms with Gasteiger partial charge >= 0.3 is 15.4 Å². The fraction of sp³-hybridized carbons (Fsp3) is 1.00. The second-order valence-corrected chi connectivity index (χ2v) is 4.73. The lowest BCUT2D eigenvalue weighted by molar-refractivity contribution is 0.0620. The smallest absolute Gasteiger partial charge is 0.262 e. The third kappa shape index (κ3) is 1.92. The van der Waals surface area contributed by atoms with E-state index in [9.17, 15) is 17.2 Å². The van der Waals surface area contributed by atoms with Gasteiger partial charge in [-0.05, 0) is 19.3 Å². The van der Waals surface area contributed by atoms with Crippen LogP contribution in [0.4, 0.5) is 8.78 Å². The van der Waals surface area contributed by atoms with E-state index >= 15 is 0 Å². The summed E-state index contributed by atoms with van der Waals surface area (Å²) in [4.78, 5) is 0. The molecule has 0 aromatic heterocycles. The van der Waals surface area contributed by atoms with E-state index in [1.54, 1.807) is 0 Å². The summed E-state index contributed by atoms with van der Waals surface area (Å²) in [6, 6.07) is 0. The first-order valence-corrected chi connectivity index (χ1v) is 5.04. The van der Waals surface area contributed by atoms with Crippen molar-refractivity contribution >= 4 is 10.1 Å².